The Kier molecular flexibility index (Phi) is 6.57. The molecule has 2 N–H and O–H groups in total. The first-order chi connectivity index (χ1) is 14.7. The van der Waals surface area contributed by atoms with E-state index in [9.17, 15) is 10.2 Å². The van der Waals surface area contributed by atoms with Gasteiger partial charge < -0.3 is 14.6 Å². The highest BCUT2D eigenvalue weighted by Gasteiger charge is 2.63. The molecule has 186 valence electrons. The van der Waals surface area contributed by atoms with Crippen molar-refractivity contribution in [2.75, 3.05) is 6.61 Å². The molecule has 4 fully saturated rings. The third kappa shape index (κ3) is 3.87. The Balaban J connectivity index is 1.50. The standard InChI is InChI=1S/C28H52O3Si/c1-18(17-29)23-16-24(30)25-21-10-9-19-15-20(31-32(7,8)26(2,3)4)11-13-27(19,5)22(21)12-14-28(23,25)6/h18-25,29-30H,9-17H2,1-8H3/t18-,19?,20+,21-,22+,23-,24+,25-,27+,28-/m1/s1. The Labute approximate surface area is 199 Å². The van der Waals surface area contributed by atoms with Gasteiger partial charge in [-0.3, -0.25) is 0 Å². The van der Waals surface area contributed by atoms with Gasteiger partial charge in [0.05, 0.1) is 6.10 Å². The fourth-order valence-corrected chi connectivity index (χ4v) is 10.4. The minimum absolute atomic E-state index is 0.176. The lowest BCUT2D eigenvalue weighted by Crippen LogP contribution is -2.56. The van der Waals surface area contributed by atoms with E-state index in [0.29, 0.717) is 35.2 Å². The van der Waals surface area contributed by atoms with Crippen LogP contribution in [-0.2, 0) is 4.43 Å². The van der Waals surface area contributed by atoms with E-state index in [-0.39, 0.29) is 23.2 Å². The summed E-state index contributed by atoms with van der Waals surface area (Å²) in [6.07, 6.45) is 10.1. The first-order valence-electron chi connectivity index (χ1n) is 13.7. The number of hydrogen-bond donors (Lipinski definition) is 2. The monoisotopic (exact) mass is 464 g/mol. The van der Waals surface area contributed by atoms with Gasteiger partial charge in [-0.15, -0.1) is 0 Å². The summed E-state index contributed by atoms with van der Waals surface area (Å²) in [6, 6.07) is 0. The molecule has 0 spiro atoms. The average molecular weight is 465 g/mol. The predicted octanol–water partition coefficient (Wildman–Crippen LogP) is 6.63. The molecule has 0 aromatic heterocycles. The topological polar surface area (TPSA) is 49.7 Å². The second-order valence-electron chi connectivity index (χ2n) is 14.5. The quantitative estimate of drug-likeness (QED) is 0.459. The number of rotatable bonds is 4. The first kappa shape index (κ1) is 25.2. The zero-order valence-electron chi connectivity index (χ0n) is 22.3. The molecule has 0 aliphatic heterocycles. The first-order valence-corrected chi connectivity index (χ1v) is 16.6. The molecular weight excluding hydrogens is 412 g/mol. The van der Waals surface area contributed by atoms with Gasteiger partial charge in [0.1, 0.15) is 0 Å². The highest BCUT2D eigenvalue weighted by Crippen LogP contribution is 2.68. The van der Waals surface area contributed by atoms with Gasteiger partial charge in [-0.1, -0.05) is 41.5 Å². The second-order valence-corrected chi connectivity index (χ2v) is 19.2. The van der Waals surface area contributed by atoms with E-state index in [1.807, 2.05) is 0 Å². The highest BCUT2D eigenvalue weighted by molar-refractivity contribution is 6.74. The zero-order valence-corrected chi connectivity index (χ0v) is 23.3. The molecule has 0 bridgehead atoms. The summed E-state index contributed by atoms with van der Waals surface area (Å²) >= 11 is 0. The summed E-state index contributed by atoms with van der Waals surface area (Å²) in [6.45, 7) is 19.4. The normalized spacial score (nSPS) is 48.0. The van der Waals surface area contributed by atoms with Crippen LogP contribution in [0.5, 0.6) is 0 Å². The van der Waals surface area contributed by atoms with Crippen molar-refractivity contribution in [3.8, 4) is 0 Å². The molecule has 3 nitrogen and oxygen atoms in total. The number of hydrogen-bond acceptors (Lipinski definition) is 3. The van der Waals surface area contributed by atoms with Gasteiger partial charge in [0.15, 0.2) is 8.32 Å². The maximum absolute atomic E-state index is 11.3. The molecule has 0 radical (unpaired) electrons. The molecule has 4 aliphatic carbocycles. The maximum Gasteiger partial charge on any atom is 0.192 e. The van der Waals surface area contributed by atoms with Crippen molar-refractivity contribution < 1.29 is 14.6 Å². The Morgan fingerprint density at radius 2 is 1.66 bits per heavy atom. The minimum Gasteiger partial charge on any atom is -0.414 e. The Morgan fingerprint density at radius 3 is 2.28 bits per heavy atom. The smallest absolute Gasteiger partial charge is 0.192 e. The van der Waals surface area contributed by atoms with Gasteiger partial charge in [-0.25, -0.2) is 0 Å². The number of aliphatic hydroxyl groups excluding tert-OH is 2. The summed E-state index contributed by atoms with van der Waals surface area (Å²) in [5.41, 5.74) is 0.618. The zero-order chi connectivity index (χ0) is 23.7. The van der Waals surface area contributed by atoms with Crippen LogP contribution in [0.4, 0.5) is 0 Å². The fourth-order valence-electron chi connectivity index (χ4n) is 9.04. The largest absolute Gasteiger partial charge is 0.414 e. The molecule has 0 heterocycles. The SMILES string of the molecule is C[C@H](CO)[C@H]1C[C@H](O)[C@H]2[C@@H]3CCC4C[C@@H](O[Si](C)(C)C(C)(C)C)CC[C@]4(C)[C@H]3CC[C@@]21C. The van der Waals surface area contributed by atoms with Crippen molar-refractivity contribution in [3.63, 3.8) is 0 Å². The lowest BCUT2D eigenvalue weighted by molar-refractivity contribution is -0.141. The molecule has 0 aromatic rings. The molecule has 32 heavy (non-hydrogen) atoms. The van der Waals surface area contributed by atoms with Crippen LogP contribution in [0.15, 0.2) is 0 Å². The molecule has 4 aliphatic rings. The van der Waals surface area contributed by atoms with E-state index < -0.39 is 8.32 Å². The van der Waals surface area contributed by atoms with Crippen molar-refractivity contribution in [2.24, 2.45) is 46.3 Å². The van der Waals surface area contributed by atoms with Crippen molar-refractivity contribution in [2.45, 2.75) is 123 Å². The Bertz CT molecular complexity index is 687. The van der Waals surface area contributed by atoms with Gasteiger partial charge in [0.25, 0.3) is 0 Å². The molecule has 10 atom stereocenters. The van der Waals surface area contributed by atoms with Crippen LogP contribution < -0.4 is 0 Å². The molecule has 0 amide bonds. The second kappa shape index (κ2) is 8.35. The van der Waals surface area contributed by atoms with E-state index in [1.54, 1.807) is 0 Å². The number of fused-ring (bicyclic) bond motifs is 5. The van der Waals surface area contributed by atoms with Crippen LogP contribution in [0, 0.1) is 46.3 Å². The summed E-state index contributed by atoms with van der Waals surface area (Å²) in [5, 5.41) is 21.4. The van der Waals surface area contributed by atoms with Gasteiger partial charge in [0.2, 0.25) is 0 Å². The molecule has 1 unspecified atom stereocenters. The van der Waals surface area contributed by atoms with E-state index in [2.05, 4.69) is 54.6 Å². The molecular formula is C28H52O3Si. The van der Waals surface area contributed by atoms with Crippen LogP contribution in [-0.4, -0.2) is 37.3 Å². The van der Waals surface area contributed by atoms with E-state index >= 15 is 0 Å². The van der Waals surface area contributed by atoms with Gasteiger partial charge >= 0.3 is 0 Å². The van der Waals surface area contributed by atoms with Crippen molar-refractivity contribution in [3.05, 3.63) is 0 Å². The lowest BCUT2D eigenvalue weighted by Gasteiger charge is -2.62. The summed E-state index contributed by atoms with van der Waals surface area (Å²) in [4.78, 5) is 0. The highest BCUT2D eigenvalue weighted by atomic mass is 28.4. The molecule has 4 heteroatoms. The van der Waals surface area contributed by atoms with Crippen molar-refractivity contribution in [1.82, 2.24) is 0 Å². The lowest BCUT2D eigenvalue weighted by atomic mass is 9.44. The van der Waals surface area contributed by atoms with E-state index in [4.69, 9.17) is 4.43 Å². The van der Waals surface area contributed by atoms with Crippen LogP contribution in [0.3, 0.4) is 0 Å². The molecule has 0 saturated heterocycles. The molecule has 4 saturated carbocycles. The van der Waals surface area contributed by atoms with Crippen LogP contribution >= 0.6 is 0 Å². The van der Waals surface area contributed by atoms with Crippen molar-refractivity contribution >= 4 is 8.32 Å². The van der Waals surface area contributed by atoms with Crippen LogP contribution in [0.2, 0.25) is 18.1 Å². The summed E-state index contributed by atoms with van der Waals surface area (Å²) < 4.78 is 6.90. The van der Waals surface area contributed by atoms with Crippen molar-refractivity contribution in [1.29, 1.82) is 0 Å². The van der Waals surface area contributed by atoms with E-state index in [1.165, 1.54) is 44.9 Å². The molecule has 0 aromatic carbocycles. The van der Waals surface area contributed by atoms with Crippen LogP contribution in [0.25, 0.3) is 0 Å². The fraction of sp³-hybridized carbons (Fsp3) is 1.00. The maximum atomic E-state index is 11.3. The number of aliphatic hydroxyl groups is 2. The third-order valence-electron chi connectivity index (χ3n) is 11.9. The van der Waals surface area contributed by atoms with Gasteiger partial charge in [-0.2, -0.15) is 0 Å². The Hall–Kier alpha value is 0.0969. The van der Waals surface area contributed by atoms with Crippen LogP contribution in [0.1, 0.15) is 92.9 Å². The summed E-state index contributed by atoms with van der Waals surface area (Å²) in [7, 11) is -1.72. The summed E-state index contributed by atoms with van der Waals surface area (Å²) in [5.74, 6) is 3.39. The van der Waals surface area contributed by atoms with Gasteiger partial charge in [-0.05, 0) is 116 Å². The van der Waals surface area contributed by atoms with Gasteiger partial charge in [0, 0.05) is 12.7 Å². The predicted molar refractivity (Wildman–Crippen MR) is 135 cm³/mol. The Morgan fingerprint density at radius 1 is 1.00 bits per heavy atom. The van der Waals surface area contributed by atoms with E-state index in [0.717, 1.165) is 18.3 Å². The average Bonchev–Trinajstić information content (AvgIpc) is 2.97. The minimum atomic E-state index is -1.72. The third-order valence-corrected chi connectivity index (χ3v) is 16.4. The molecule has 4 rings (SSSR count).